The van der Waals surface area contributed by atoms with Gasteiger partial charge in [0.25, 0.3) is 0 Å². The molecule has 0 amide bonds. The molecule has 4 rings (SSSR count). The van der Waals surface area contributed by atoms with Crippen molar-refractivity contribution < 1.29 is 9.47 Å². The van der Waals surface area contributed by atoms with Crippen LogP contribution in [0.2, 0.25) is 0 Å². The molecule has 2 aliphatic carbocycles. The standard InChI is InChI=1S/C31H31BrN4O2/c1-30(2,3)21-10-11-22-23(14-21)27(31(17-34,18-35)29(36)24(22)15-33)20-12-25(32)28(26(13-20)37-4)38-16-19-8-6-5-7-9-19/h5-9,11-13,21,23,27H,10,14,16,36H2,1-4H3/t21-,23+,27-/m1/s1. The minimum absolute atomic E-state index is 0.0153. The van der Waals surface area contributed by atoms with Crippen LogP contribution in [0.25, 0.3) is 0 Å². The summed E-state index contributed by atoms with van der Waals surface area (Å²) >= 11 is 3.65. The number of rotatable bonds is 5. The fraction of sp³-hybridized carbons (Fsp3) is 0.387. The summed E-state index contributed by atoms with van der Waals surface area (Å²) in [5.41, 5.74) is 7.66. The maximum atomic E-state index is 10.5. The first-order valence-corrected chi connectivity index (χ1v) is 13.4. The van der Waals surface area contributed by atoms with Crippen molar-refractivity contribution in [3.8, 4) is 29.7 Å². The van der Waals surface area contributed by atoms with Crippen molar-refractivity contribution in [1.29, 1.82) is 15.8 Å². The Labute approximate surface area is 233 Å². The third kappa shape index (κ3) is 4.66. The molecule has 0 saturated carbocycles. The second-order valence-corrected chi connectivity index (χ2v) is 11.9. The van der Waals surface area contributed by atoms with Gasteiger partial charge in [-0.1, -0.05) is 57.2 Å². The Morgan fingerprint density at radius 1 is 1.11 bits per heavy atom. The molecule has 0 fully saturated rings. The zero-order valence-corrected chi connectivity index (χ0v) is 23.7. The molecule has 0 radical (unpaired) electrons. The number of benzene rings is 2. The minimum atomic E-state index is -1.70. The predicted molar refractivity (Wildman–Crippen MR) is 148 cm³/mol. The fourth-order valence-electron chi connectivity index (χ4n) is 5.76. The third-order valence-electron chi connectivity index (χ3n) is 7.94. The summed E-state index contributed by atoms with van der Waals surface area (Å²) in [5, 5.41) is 30.9. The lowest BCUT2D eigenvalue weighted by Crippen LogP contribution is -2.44. The Bertz CT molecular complexity index is 1400. The number of nitrogens with two attached hydrogens (primary N) is 1. The molecular weight excluding hydrogens is 540 g/mol. The van der Waals surface area contributed by atoms with Crippen LogP contribution in [0, 0.1) is 56.7 Å². The molecule has 0 spiro atoms. The van der Waals surface area contributed by atoms with Gasteiger partial charge in [-0.15, -0.1) is 0 Å². The molecule has 194 valence electrons. The van der Waals surface area contributed by atoms with Crippen LogP contribution in [-0.2, 0) is 6.61 Å². The van der Waals surface area contributed by atoms with Gasteiger partial charge in [0.1, 0.15) is 12.7 Å². The van der Waals surface area contributed by atoms with Crippen LogP contribution in [0.1, 0.15) is 50.7 Å². The molecule has 2 aromatic carbocycles. The Kier molecular flexibility index (Phi) is 7.59. The van der Waals surface area contributed by atoms with E-state index in [9.17, 15) is 15.8 Å². The van der Waals surface area contributed by atoms with E-state index in [1.54, 1.807) is 7.11 Å². The highest BCUT2D eigenvalue weighted by Crippen LogP contribution is 2.59. The van der Waals surface area contributed by atoms with Gasteiger partial charge in [0.2, 0.25) is 0 Å². The van der Waals surface area contributed by atoms with Crippen molar-refractivity contribution in [1.82, 2.24) is 0 Å². The van der Waals surface area contributed by atoms with Crippen molar-refractivity contribution in [2.24, 2.45) is 28.4 Å². The molecule has 0 aromatic heterocycles. The molecule has 0 unspecified atom stereocenters. The van der Waals surface area contributed by atoms with E-state index in [2.05, 4.69) is 61.0 Å². The van der Waals surface area contributed by atoms with Crippen LogP contribution in [0.15, 0.2) is 69.9 Å². The van der Waals surface area contributed by atoms with Gasteiger partial charge >= 0.3 is 0 Å². The first kappa shape index (κ1) is 27.3. The number of halogens is 1. The van der Waals surface area contributed by atoms with E-state index in [4.69, 9.17) is 15.2 Å². The average molecular weight is 572 g/mol. The first-order chi connectivity index (χ1) is 18.1. The van der Waals surface area contributed by atoms with Gasteiger partial charge in [-0.25, -0.2) is 0 Å². The van der Waals surface area contributed by atoms with Crippen LogP contribution in [0.4, 0.5) is 0 Å². The summed E-state index contributed by atoms with van der Waals surface area (Å²) in [7, 11) is 1.56. The lowest BCUT2D eigenvalue weighted by atomic mass is 9.54. The summed E-state index contributed by atoms with van der Waals surface area (Å²) in [4.78, 5) is 0. The second kappa shape index (κ2) is 10.6. The van der Waals surface area contributed by atoms with Crippen LogP contribution in [0.5, 0.6) is 11.5 Å². The summed E-state index contributed by atoms with van der Waals surface area (Å²) in [5.74, 6) is 0.495. The lowest BCUT2D eigenvalue weighted by molar-refractivity contribution is 0.170. The number of ether oxygens (including phenoxy) is 2. The van der Waals surface area contributed by atoms with Gasteiger partial charge in [0, 0.05) is 5.92 Å². The highest BCUT2D eigenvalue weighted by molar-refractivity contribution is 9.10. The zero-order chi connectivity index (χ0) is 27.7. The molecule has 7 heteroatoms. The molecule has 38 heavy (non-hydrogen) atoms. The number of nitrogens with zero attached hydrogens (tertiary/aromatic N) is 3. The van der Waals surface area contributed by atoms with E-state index in [0.29, 0.717) is 28.5 Å². The van der Waals surface area contributed by atoms with E-state index in [-0.39, 0.29) is 22.6 Å². The number of nitriles is 3. The Hall–Kier alpha value is -3.73. The molecule has 2 N–H and O–H groups in total. The zero-order valence-electron chi connectivity index (χ0n) is 22.1. The fourth-order valence-corrected chi connectivity index (χ4v) is 6.34. The van der Waals surface area contributed by atoms with E-state index in [1.165, 1.54) is 0 Å². The quantitative estimate of drug-likeness (QED) is 0.417. The Balaban J connectivity index is 1.87. The molecular formula is C31H31BrN4O2. The first-order valence-electron chi connectivity index (χ1n) is 12.6. The molecule has 0 saturated heterocycles. The van der Waals surface area contributed by atoms with Crippen LogP contribution < -0.4 is 15.2 Å². The summed E-state index contributed by atoms with van der Waals surface area (Å²) in [6.45, 7) is 6.95. The number of fused-ring (bicyclic) bond motifs is 1. The van der Waals surface area contributed by atoms with Crippen molar-refractivity contribution >= 4 is 15.9 Å². The van der Waals surface area contributed by atoms with E-state index in [1.807, 2.05) is 42.5 Å². The molecule has 3 atom stereocenters. The maximum Gasteiger partial charge on any atom is 0.191 e. The highest BCUT2D eigenvalue weighted by Gasteiger charge is 2.55. The van der Waals surface area contributed by atoms with Crippen molar-refractivity contribution in [3.63, 3.8) is 0 Å². The van der Waals surface area contributed by atoms with Gasteiger partial charge in [0.15, 0.2) is 16.9 Å². The molecule has 0 aliphatic heterocycles. The number of hydrogen-bond acceptors (Lipinski definition) is 6. The number of methoxy groups -OCH3 is 1. The maximum absolute atomic E-state index is 10.5. The molecule has 0 heterocycles. The van der Waals surface area contributed by atoms with E-state index < -0.39 is 11.3 Å². The van der Waals surface area contributed by atoms with Gasteiger partial charge in [-0.3, -0.25) is 0 Å². The number of hydrogen-bond donors (Lipinski definition) is 1. The lowest BCUT2D eigenvalue weighted by Gasteiger charge is -2.47. The van der Waals surface area contributed by atoms with E-state index >= 15 is 0 Å². The largest absolute Gasteiger partial charge is 0.493 e. The molecule has 2 aromatic rings. The van der Waals surface area contributed by atoms with Gasteiger partial charge < -0.3 is 15.2 Å². The molecule has 2 aliphatic rings. The monoisotopic (exact) mass is 570 g/mol. The summed E-state index contributed by atoms with van der Waals surface area (Å²) < 4.78 is 12.5. The normalized spacial score (nSPS) is 22.3. The SMILES string of the molecule is COc1cc([C@@H]2[C@H]3C[C@H](C(C)(C)C)CC=C3C(C#N)=C(N)C2(C#N)C#N)cc(Br)c1OCc1ccccc1. The highest BCUT2D eigenvalue weighted by atomic mass is 79.9. The van der Waals surface area contributed by atoms with Crippen LogP contribution >= 0.6 is 15.9 Å². The van der Waals surface area contributed by atoms with Crippen molar-refractivity contribution in [3.05, 3.63) is 81.0 Å². The van der Waals surface area contributed by atoms with Gasteiger partial charge in [-0.05, 0) is 74.9 Å². The summed E-state index contributed by atoms with van der Waals surface area (Å²) in [6.07, 6.45) is 3.63. The van der Waals surface area contributed by atoms with Crippen LogP contribution in [0.3, 0.4) is 0 Å². The minimum Gasteiger partial charge on any atom is -0.493 e. The Morgan fingerprint density at radius 2 is 1.79 bits per heavy atom. The molecule has 6 nitrogen and oxygen atoms in total. The van der Waals surface area contributed by atoms with Gasteiger partial charge in [0.05, 0.1) is 35.0 Å². The average Bonchev–Trinajstić information content (AvgIpc) is 2.91. The van der Waals surface area contributed by atoms with Gasteiger partial charge in [-0.2, -0.15) is 15.8 Å². The Morgan fingerprint density at radius 3 is 2.37 bits per heavy atom. The van der Waals surface area contributed by atoms with Crippen LogP contribution in [-0.4, -0.2) is 7.11 Å². The number of allylic oxidation sites excluding steroid dienone is 4. The smallest absolute Gasteiger partial charge is 0.191 e. The van der Waals surface area contributed by atoms with Crippen molar-refractivity contribution in [2.75, 3.05) is 7.11 Å². The summed E-state index contributed by atoms with van der Waals surface area (Å²) in [6, 6.07) is 20.2. The topological polar surface area (TPSA) is 116 Å². The van der Waals surface area contributed by atoms with E-state index in [0.717, 1.165) is 29.5 Å². The molecule has 0 bridgehead atoms. The second-order valence-electron chi connectivity index (χ2n) is 11.0. The predicted octanol–water partition coefficient (Wildman–Crippen LogP) is 6.90. The third-order valence-corrected chi connectivity index (χ3v) is 8.53. The van der Waals surface area contributed by atoms with Crippen molar-refractivity contribution in [2.45, 2.75) is 46.1 Å².